The van der Waals surface area contributed by atoms with E-state index in [-0.39, 0.29) is 0 Å². The fourth-order valence-electron chi connectivity index (χ4n) is 1.55. The van der Waals surface area contributed by atoms with Gasteiger partial charge in [-0.1, -0.05) is 19.4 Å². The maximum Gasteiger partial charge on any atom is 0.123 e. The molecule has 0 unspecified atom stereocenters. The Labute approximate surface area is 110 Å². The lowest BCUT2D eigenvalue weighted by atomic mass is 10.2. The second-order valence-electron chi connectivity index (χ2n) is 5.15. The summed E-state index contributed by atoms with van der Waals surface area (Å²) in [7, 11) is 0. The van der Waals surface area contributed by atoms with Crippen LogP contribution in [0.5, 0.6) is 0 Å². The molecule has 1 N–H and O–H groups in total. The molecule has 0 spiro atoms. The van der Waals surface area contributed by atoms with Crippen LogP contribution in [-0.2, 0) is 17.9 Å². The predicted molar refractivity (Wildman–Crippen MR) is 74.3 cm³/mol. The maximum atomic E-state index is 5.61. The summed E-state index contributed by atoms with van der Waals surface area (Å²) in [6.45, 7) is 13.4. The molecule has 3 nitrogen and oxygen atoms in total. The van der Waals surface area contributed by atoms with Crippen molar-refractivity contribution in [3.63, 3.8) is 0 Å². The normalized spacial score (nSPS) is 11.1. The minimum absolute atomic E-state index is 0.614. The predicted octanol–water partition coefficient (Wildman–Crippen LogP) is 3.51. The van der Waals surface area contributed by atoms with Crippen LogP contribution in [0.15, 0.2) is 28.9 Å². The molecule has 0 saturated carbocycles. The van der Waals surface area contributed by atoms with Gasteiger partial charge in [0.25, 0.3) is 0 Å². The SMILES string of the molecule is C=C(C)CCOCc1ccoc1CNCC(C)C. The lowest BCUT2D eigenvalue weighted by Gasteiger charge is -2.08. The van der Waals surface area contributed by atoms with E-state index in [1.54, 1.807) is 6.26 Å². The molecule has 1 heterocycles. The molecule has 0 amide bonds. The molecule has 0 atom stereocenters. The molecule has 0 aliphatic rings. The van der Waals surface area contributed by atoms with Gasteiger partial charge in [0.1, 0.15) is 5.76 Å². The van der Waals surface area contributed by atoms with Crippen molar-refractivity contribution in [2.45, 2.75) is 40.3 Å². The van der Waals surface area contributed by atoms with E-state index in [2.05, 4.69) is 25.7 Å². The van der Waals surface area contributed by atoms with Crippen molar-refractivity contribution < 1.29 is 9.15 Å². The quantitative estimate of drug-likeness (QED) is 0.539. The third kappa shape index (κ3) is 6.03. The van der Waals surface area contributed by atoms with Crippen LogP contribution < -0.4 is 5.32 Å². The third-order valence-corrected chi connectivity index (χ3v) is 2.61. The summed E-state index contributed by atoms with van der Waals surface area (Å²) in [5.41, 5.74) is 2.29. The van der Waals surface area contributed by atoms with Gasteiger partial charge in [0.15, 0.2) is 0 Å². The summed E-state index contributed by atoms with van der Waals surface area (Å²) in [5, 5.41) is 3.37. The van der Waals surface area contributed by atoms with Gasteiger partial charge in [0, 0.05) is 5.56 Å². The highest BCUT2D eigenvalue weighted by Gasteiger charge is 2.06. The van der Waals surface area contributed by atoms with Crippen LogP contribution >= 0.6 is 0 Å². The molecule has 0 aliphatic carbocycles. The minimum atomic E-state index is 0.614. The topological polar surface area (TPSA) is 34.4 Å². The number of rotatable bonds is 9. The molecule has 0 fully saturated rings. The number of ether oxygens (including phenoxy) is 1. The number of nitrogens with one attached hydrogen (secondary N) is 1. The van der Waals surface area contributed by atoms with Gasteiger partial charge in [0.05, 0.1) is 26.0 Å². The lowest BCUT2D eigenvalue weighted by molar-refractivity contribution is 0.122. The van der Waals surface area contributed by atoms with Crippen LogP contribution in [0.3, 0.4) is 0 Å². The molecule has 0 saturated heterocycles. The molecule has 0 aromatic carbocycles. The first-order valence-electron chi connectivity index (χ1n) is 6.57. The zero-order valence-corrected chi connectivity index (χ0v) is 11.8. The summed E-state index contributed by atoms with van der Waals surface area (Å²) < 4.78 is 11.1. The van der Waals surface area contributed by atoms with Crippen LogP contribution in [-0.4, -0.2) is 13.2 Å². The Morgan fingerprint density at radius 2 is 2.28 bits per heavy atom. The molecule has 1 rings (SSSR count). The van der Waals surface area contributed by atoms with Crippen molar-refractivity contribution in [3.05, 3.63) is 35.8 Å². The van der Waals surface area contributed by atoms with E-state index in [1.807, 2.05) is 13.0 Å². The van der Waals surface area contributed by atoms with Crippen LogP contribution in [0.25, 0.3) is 0 Å². The first-order valence-corrected chi connectivity index (χ1v) is 6.57. The molecule has 0 radical (unpaired) electrons. The summed E-state index contributed by atoms with van der Waals surface area (Å²) in [4.78, 5) is 0. The Kier molecular flexibility index (Phi) is 6.76. The minimum Gasteiger partial charge on any atom is -0.468 e. The van der Waals surface area contributed by atoms with Gasteiger partial charge in [0.2, 0.25) is 0 Å². The van der Waals surface area contributed by atoms with Gasteiger partial charge >= 0.3 is 0 Å². The lowest BCUT2D eigenvalue weighted by Crippen LogP contribution is -2.19. The molecular weight excluding hydrogens is 226 g/mol. The van der Waals surface area contributed by atoms with Crippen molar-refractivity contribution in [1.29, 1.82) is 0 Å². The molecule has 18 heavy (non-hydrogen) atoms. The highest BCUT2D eigenvalue weighted by Crippen LogP contribution is 2.12. The van der Waals surface area contributed by atoms with Crippen LogP contribution in [0.1, 0.15) is 38.5 Å². The Morgan fingerprint density at radius 1 is 1.50 bits per heavy atom. The van der Waals surface area contributed by atoms with Gasteiger partial charge in [-0.05, 0) is 31.9 Å². The summed E-state index contributed by atoms with van der Waals surface area (Å²) in [6.07, 6.45) is 2.64. The highest BCUT2D eigenvalue weighted by molar-refractivity contribution is 5.15. The molecule has 1 aromatic heterocycles. The van der Waals surface area contributed by atoms with Crippen molar-refractivity contribution in [2.24, 2.45) is 5.92 Å². The zero-order valence-electron chi connectivity index (χ0n) is 11.8. The van der Waals surface area contributed by atoms with Crippen LogP contribution in [0.4, 0.5) is 0 Å². The van der Waals surface area contributed by atoms with Gasteiger partial charge < -0.3 is 14.5 Å². The van der Waals surface area contributed by atoms with E-state index in [9.17, 15) is 0 Å². The van der Waals surface area contributed by atoms with Crippen LogP contribution in [0.2, 0.25) is 0 Å². The van der Waals surface area contributed by atoms with Crippen molar-refractivity contribution >= 4 is 0 Å². The van der Waals surface area contributed by atoms with Gasteiger partial charge in [-0.25, -0.2) is 0 Å². The van der Waals surface area contributed by atoms with E-state index in [0.29, 0.717) is 12.5 Å². The molecule has 1 aromatic rings. The Bertz CT molecular complexity index is 355. The monoisotopic (exact) mass is 251 g/mol. The number of hydrogen-bond donors (Lipinski definition) is 1. The first kappa shape index (κ1) is 15.0. The second-order valence-corrected chi connectivity index (χ2v) is 5.15. The average Bonchev–Trinajstić information content (AvgIpc) is 2.71. The summed E-state index contributed by atoms with van der Waals surface area (Å²) in [6, 6.07) is 1.98. The largest absolute Gasteiger partial charge is 0.468 e. The standard InChI is InChI=1S/C15H25NO2/c1-12(2)5-7-17-11-14-6-8-18-15(14)10-16-9-13(3)4/h6,8,13,16H,1,5,7,9-11H2,2-4H3. The van der Waals surface area contributed by atoms with Crippen molar-refractivity contribution in [3.8, 4) is 0 Å². The van der Waals surface area contributed by atoms with E-state index in [0.717, 1.165) is 43.0 Å². The Balaban J connectivity index is 2.28. The average molecular weight is 251 g/mol. The first-order chi connectivity index (χ1) is 8.59. The smallest absolute Gasteiger partial charge is 0.123 e. The van der Waals surface area contributed by atoms with Gasteiger partial charge in [-0.15, -0.1) is 6.58 Å². The van der Waals surface area contributed by atoms with E-state index in [4.69, 9.17) is 9.15 Å². The van der Waals surface area contributed by atoms with E-state index in [1.165, 1.54) is 0 Å². The Morgan fingerprint density at radius 3 is 2.94 bits per heavy atom. The fourth-order valence-corrected chi connectivity index (χ4v) is 1.55. The van der Waals surface area contributed by atoms with Crippen LogP contribution in [0, 0.1) is 5.92 Å². The highest BCUT2D eigenvalue weighted by atomic mass is 16.5. The summed E-state index contributed by atoms with van der Waals surface area (Å²) in [5.74, 6) is 1.63. The summed E-state index contributed by atoms with van der Waals surface area (Å²) >= 11 is 0. The second kappa shape index (κ2) is 8.11. The molecule has 102 valence electrons. The third-order valence-electron chi connectivity index (χ3n) is 2.61. The van der Waals surface area contributed by atoms with Gasteiger partial charge in [-0.3, -0.25) is 0 Å². The fraction of sp³-hybridized carbons (Fsp3) is 0.600. The molecular formula is C15H25NO2. The number of hydrogen-bond acceptors (Lipinski definition) is 3. The number of furan rings is 1. The molecule has 3 heteroatoms. The Hall–Kier alpha value is -1.06. The zero-order chi connectivity index (χ0) is 13.4. The molecule has 0 aliphatic heterocycles. The maximum absolute atomic E-state index is 5.61. The molecule has 0 bridgehead atoms. The van der Waals surface area contributed by atoms with E-state index < -0.39 is 0 Å². The van der Waals surface area contributed by atoms with E-state index >= 15 is 0 Å². The van der Waals surface area contributed by atoms with Crippen molar-refractivity contribution in [2.75, 3.05) is 13.2 Å². The van der Waals surface area contributed by atoms with Crippen molar-refractivity contribution in [1.82, 2.24) is 5.32 Å². The van der Waals surface area contributed by atoms with Gasteiger partial charge in [-0.2, -0.15) is 0 Å².